The zero-order chi connectivity index (χ0) is 5.82. The molecule has 0 aliphatic carbocycles. The minimum absolute atomic E-state index is 0.738. The van der Waals surface area contributed by atoms with Crippen molar-refractivity contribution in [2.24, 2.45) is 5.73 Å². The lowest BCUT2D eigenvalue weighted by molar-refractivity contribution is 0.694. The van der Waals surface area contributed by atoms with E-state index in [0.29, 0.717) is 0 Å². The van der Waals surface area contributed by atoms with Crippen molar-refractivity contribution < 1.29 is 0 Å². The molecule has 0 aromatic heterocycles. The Morgan fingerprint density at radius 1 is 1.75 bits per heavy atom. The van der Waals surface area contributed by atoms with Crippen LogP contribution in [0.5, 0.6) is 0 Å². The minimum atomic E-state index is 0.738. The Labute approximate surface area is 49.8 Å². The molecule has 3 N–H and O–H groups in total. The molecule has 0 amide bonds. The van der Waals surface area contributed by atoms with E-state index >= 15 is 0 Å². The van der Waals surface area contributed by atoms with Crippen LogP contribution in [0.25, 0.3) is 0 Å². The predicted octanol–water partition coefficient (Wildman–Crippen LogP) is -0.135. The van der Waals surface area contributed by atoms with Gasteiger partial charge in [0.2, 0.25) is 0 Å². The van der Waals surface area contributed by atoms with Gasteiger partial charge in [-0.25, -0.2) is 0 Å². The van der Waals surface area contributed by atoms with Crippen molar-refractivity contribution in [3.8, 4) is 0 Å². The van der Waals surface area contributed by atoms with Gasteiger partial charge >= 0.3 is 0 Å². The first-order valence-corrected chi connectivity index (χ1v) is 3.02. The van der Waals surface area contributed by atoms with E-state index in [2.05, 4.69) is 11.4 Å². The summed E-state index contributed by atoms with van der Waals surface area (Å²) in [5.41, 5.74) is 6.80. The Morgan fingerprint density at radius 3 is 3.00 bits per heavy atom. The molecular weight excluding hydrogens is 100 g/mol. The Balaban J connectivity index is 2.37. The van der Waals surface area contributed by atoms with Gasteiger partial charge in [-0.15, -0.1) is 0 Å². The van der Waals surface area contributed by atoms with Crippen LogP contribution < -0.4 is 11.1 Å². The summed E-state index contributed by atoms with van der Waals surface area (Å²) in [6.45, 7) is 2.84. The fourth-order valence-electron chi connectivity index (χ4n) is 0.855. The van der Waals surface area contributed by atoms with Gasteiger partial charge in [-0.1, -0.05) is 11.6 Å². The largest absolute Gasteiger partial charge is 0.327 e. The fraction of sp³-hybridized carbons (Fsp3) is 0.667. The van der Waals surface area contributed by atoms with E-state index in [-0.39, 0.29) is 0 Å². The molecule has 46 valence electrons. The number of hydrogen-bond donors (Lipinski definition) is 2. The van der Waals surface area contributed by atoms with Gasteiger partial charge in [0.25, 0.3) is 0 Å². The molecule has 0 aromatic rings. The van der Waals surface area contributed by atoms with E-state index in [1.807, 2.05) is 0 Å². The average molecular weight is 112 g/mol. The number of nitrogens with two attached hydrogens (primary N) is 1. The molecule has 1 aliphatic heterocycles. The van der Waals surface area contributed by atoms with Crippen molar-refractivity contribution in [2.75, 3.05) is 19.6 Å². The molecule has 2 heteroatoms. The van der Waals surface area contributed by atoms with Crippen LogP contribution in [0.3, 0.4) is 0 Å². The molecule has 0 saturated carbocycles. The van der Waals surface area contributed by atoms with Gasteiger partial charge in [-0.3, -0.25) is 0 Å². The van der Waals surface area contributed by atoms with Crippen LogP contribution in [0.4, 0.5) is 0 Å². The molecule has 0 unspecified atom stereocenters. The van der Waals surface area contributed by atoms with Crippen LogP contribution in [-0.2, 0) is 0 Å². The zero-order valence-electron chi connectivity index (χ0n) is 4.98. The molecule has 0 bridgehead atoms. The quantitative estimate of drug-likeness (QED) is 0.463. The van der Waals surface area contributed by atoms with Crippen LogP contribution in [-0.4, -0.2) is 19.6 Å². The third kappa shape index (κ3) is 1.32. The molecule has 0 fully saturated rings. The molecule has 0 atom stereocenters. The Kier molecular flexibility index (Phi) is 2.06. The van der Waals surface area contributed by atoms with Crippen LogP contribution in [0.2, 0.25) is 0 Å². The van der Waals surface area contributed by atoms with Crippen molar-refractivity contribution in [1.82, 2.24) is 5.32 Å². The molecule has 2 nitrogen and oxygen atoms in total. The average Bonchev–Trinajstić information content (AvgIpc) is 1.90. The molecule has 8 heavy (non-hydrogen) atoms. The second-order valence-electron chi connectivity index (χ2n) is 2.02. The van der Waals surface area contributed by atoms with Crippen LogP contribution >= 0.6 is 0 Å². The maximum atomic E-state index is 5.41. The first-order valence-electron chi connectivity index (χ1n) is 3.02. The van der Waals surface area contributed by atoms with Crippen LogP contribution in [0.1, 0.15) is 6.42 Å². The molecule has 1 aliphatic rings. The van der Waals surface area contributed by atoms with Crippen molar-refractivity contribution in [3.05, 3.63) is 11.6 Å². The zero-order valence-corrected chi connectivity index (χ0v) is 4.98. The Morgan fingerprint density at radius 2 is 2.62 bits per heavy atom. The fourth-order valence-corrected chi connectivity index (χ4v) is 0.855. The number of hydrogen-bond acceptors (Lipinski definition) is 2. The van der Waals surface area contributed by atoms with Crippen molar-refractivity contribution >= 4 is 0 Å². The van der Waals surface area contributed by atoms with Gasteiger partial charge in [-0.05, 0) is 13.0 Å². The molecule has 0 saturated heterocycles. The van der Waals surface area contributed by atoms with Gasteiger partial charge in [0, 0.05) is 13.1 Å². The summed E-state index contributed by atoms with van der Waals surface area (Å²) >= 11 is 0. The third-order valence-electron chi connectivity index (χ3n) is 1.42. The highest BCUT2D eigenvalue weighted by Gasteiger charge is 1.97. The summed E-state index contributed by atoms with van der Waals surface area (Å²) in [5.74, 6) is 0. The standard InChI is InChI=1S/C6H12N2/c7-5-6-1-3-8-4-2-6/h1,8H,2-5,7H2. The highest BCUT2D eigenvalue weighted by molar-refractivity contribution is 5.07. The number of nitrogens with one attached hydrogen (secondary N) is 1. The van der Waals surface area contributed by atoms with Gasteiger partial charge < -0.3 is 11.1 Å². The van der Waals surface area contributed by atoms with E-state index in [1.54, 1.807) is 0 Å². The van der Waals surface area contributed by atoms with Crippen molar-refractivity contribution in [3.63, 3.8) is 0 Å². The summed E-state index contributed by atoms with van der Waals surface area (Å²) in [5, 5.41) is 3.22. The van der Waals surface area contributed by atoms with Gasteiger partial charge in [0.1, 0.15) is 0 Å². The third-order valence-corrected chi connectivity index (χ3v) is 1.42. The second-order valence-corrected chi connectivity index (χ2v) is 2.02. The second kappa shape index (κ2) is 2.84. The highest BCUT2D eigenvalue weighted by Crippen LogP contribution is 1.99. The monoisotopic (exact) mass is 112 g/mol. The van der Waals surface area contributed by atoms with Crippen molar-refractivity contribution in [2.45, 2.75) is 6.42 Å². The summed E-state index contributed by atoms with van der Waals surface area (Å²) in [4.78, 5) is 0. The Bertz CT molecular complexity index is 96.7. The van der Waals surface area contributed by atoms with Gasteiger partial charge in [-0.2, -0.15) is 0 Å². The smallest absolute Gasteiger partial charge is 0.0138 e. The molecule has 0 radical (unpaired) electrons. The SMILES string of the molecule is NCC1=CCNCC1. The molecular formula is C6H12N2. The van der Waals surface area contributed by atoms with Crippen LogP contribution in [0, 0.1) is 0 Å². The van der Waals surface area contributed by atoms with E-state index in [1.165, 1.54) is 5.57 Å². The molecule has 0 aromatic carbocycles. The lowest BCUT2D eigenvalue weighted by Gasteiger charge is -2.10. The topological polar surface area (TPSA) is 38.0 Å². The first-order chi connectivity index (χ1) is 3.93. The molecule has 0 spiro atoms. The summed E-state index contributed by atoms with van der Waals surface area (Å²) in [6, 6.07) is 0. The Hall–Kier alpha value is -0.340. The first kappa shape index (κ1) is 5.79. The van der Waals surface area contributed by atoms with E-state index in [0.717, 1.165) is 26.1 Å². The number of rotatable bonds is 1. The summed E-state index contributed by atoms with van der Waals surface area (Å²) in [7, 11) is 0. The van der Waals surface area contributed by atoms with Crippen molar-refractivity contribution in [1.29, 1.82) is 0 Å². The van der Waals surface area contributed by atoms with E-state index in [4.69, 9.17) is 5.73 Å². The van der Waals surface area contributed by atoms with E-state index in [9.17, 15) is 0 Å². The van der Waals surface area contributed by atoms with Crippen LogP contribution in [0.15, 0.2) is 11.6 Å². The normalized spacial score (nSPS) is 20.4. The maximum absolute atomic E-state index is 5.41. The lowest BCUT2D eigenvalue weighted by Crippen LogP contribution is -2.23. The summed E-state index contributed by atoms with van der Waals surface area (Å²) < 4.78 is 0. The highest BCUT2D eigenvalue weighted by atomic mass is 14.9. The molecule has 1 rings (SSSR count). The van der Waals surface area contributed by atoms with Gasteiger partial charge in [0.15, 0.2) is 0 Å². The minimum Gasteiger partial charge on any atom is -0.327 e. The van der Waals surface area contributed by atoms with Gasteiger partial charge in [0.05, 0.1) is 0 Å². The molecule has 1 heterocycles. The predicted molar refractivity (Wildman–Crippen MR) is 34.6 cm³/mol. The summed E-state index contributed by atoms with van der Waals surface area (Å²) in [6.07, 6.45) is 3.31. The lowest BCUT2D eigenvalue weighted by atomic mass is 10.1. The maximum Gasteiger partial charge on any atom is 0.0138 e. The van der Waals surface area contributed by atoms with E-state index < -0.39 is 0 Å².